The number of rotatable bonds is 17. The zero-order valence-electron chi connectivity index (χ0n) is 42.4. The van der Waals surface area contributed by atoms with Gasteiger partial charge in [-0.25, -0.2) is 0 Å². The largest absolute Gasteiger partial charge is 1.00 e. The molecule has 8 aromatic rings. The van der Waals surface area contributed by atoms with Crippen molar-refractivity contribution >= 4 is 74.4 Å². The van der Waals surface area contributed by atoms with Crippen LogP contribution < -0.4 is 145 Å². The van der Waals surface area contributed by atoms with Gasteiger partial charge in [0.25, 0.3) is 26.7 Å². The van der Waals surface area contributed by atoms with E-state index in [2.05, 4.69) is 59.5 Å². The van der Waals surface area contributed by atoms with Crippen molar-refractivity contribution in [1.29, 1.82) is 0 Å². The monoisotopic (exact) mass is 1110 g/mol. The Morgan fingerprint density at radius 2 is 0.808 bits per heavy atom. The zero-order valence-corrected chi connectivity index (χ0v) is 51.1. The van der Waals surface area contributed by atoms with Crippen LogP contribution in [-0.2, 0) is 38.3 Å². The summed E-state index contributed by atoms with van der Waals surface area (Å²) in [7, 11) is -8.91. The molecule has 11 nitrogen and oxygen atoms in total. The Balaban J connectivity index is 0.000000390. The van der Waals surface area contributed by atoms with Gasteiger partial charge in [-0.3, -0.25) is 13.2 Å². The van der Waals surface area contributed by atoms with Crippen LogP contribution in [0.3, 0.4) is 0 Å². The number of carbonyl (C=O) groups excluding carboxylic acids is 1. The molecule has 0 aliphatic carbocycles. The maximum Gasteiger partial charge on any atom is 1.00 e. The van der Waals surface area contributed by atoms with E-state index < -0.39 is 36.1 Å². The minimum atomic E-state index is -3.82. The summed E-state index contributed by atoms with van der Waals surface area (Å²) in [4.78, 5) is 11.6. The summed E-state index contributed by atoms with van der Waals surface area (Å²) in [5, 5.41) is 25.6. The van der Waals surface area contributed by atoms with E-state index in [0.29, 0.717) is 12.2 Å². The van der Waals surface area contributed by atoms with Gasteiger partial charge in [-0.2, -0.15) is 16.8 Å². The Morgan fingerprint density at radius 3 is 1.18 bits per heavy atom. The van der Waals surface area contributed by atoms with Crippen molar-refractivity contribution in [2.75, 3.05) is 19.8 Å². The number of aryl methyl sites for hydroxylation is 2. The molecule has 0 heterocycles. The number of hydrogen-bond acceptors (Lipinski definition) is 11. The van der Waals surface area contributed by atoms with E-state index in [0.717, 1.165) is 27.5 Å². The summed E-state index contributed by atoms with van der Waals surface area (Å²) < 4.78 is 63.8. The van der Waals surface area contributed by atoms with Gasteiger partial charge in [-0.05, 0) is 93.7 Å². The molecule has 0 amide bonds. The van der Waals surface area contributed by atoms with E-state index in [1.807, 2.05) is 130 Å². The third-order valence-corrected chi connectivity index (χ3v) is 17.6. The van der Waals surface area contributed by atoms with Crippen LogP contribution in [0.25, 0.3) is 0 Å². The summed E-state index contributed by atoms with van der Waals surface area (Å²) in [5.41, 5.74) is 2.02. The normalized spacial score (nSPS) is 10.6. The molecule has 1 N–H and O–H groups in total. The van der Waals surface area contributed by atoms with Gasteiger partial charge in [-0.1, -0.05) is 200 Å². The van der Waals surface area contributed by atoms with Crippen LogP contribution in [0.4, 0.5) is 0 Å². The number of ether oxygens (including phenoxy) is 1. The molecule has 0 saturated heterocycles. The molecule has 0 unspecified atom stereocenters. The minimum absolute atomic E-state index is 0. The third kappa shape index (κ3) is 21.0. The Morgan fingerprint density at radius 1 is 0.479 bits per heavy atom. The predicted molar refractivity (Wildman–Crippen MR) is 285 cm³/mol. The quantitative estimate of drug-likeness (QED) is 0.0271. The van der Waals surface area contributed by atoms with Crippen LogP contribution >= 0.6 is 15.8 Å². The van der Waals surface area contributed by atoms with E-state index in [4.69, 9.17) is 23.2 Å². The Hall–Kier alpha value is -3.26. The maximum absolute atomic E-state index is 12.4. The van der Waals surface area contributed by atoms with Crippen LogP contribution in [0.15, 0.2) is 228 Å². The van der Waals surface area contributed by atoms with Crippen molar-refractivity contribution in [3.63, 3.8) is 0 Å². The van der Waals surface area contributed by atoms with Crippen molar-refractivity contribution in [1.82, 2.24) is 0 Å². The molecule has 0 saturated carbocycles. The molecule has 8 aromatic carbocycles. The molecule has 0 spiro atoms. The summed E-state index contributed by atoms with van der Waals surface area (Å²) in [5.74, 6) is 1.10. The number of phenolic OH excluding ortho intramolecular Hbond substituents is 1. The fourth-order valence-corrected chi connectivity index (χ4v) is 13.2. The second-order valence-corrected chi connectivity index (χ2v) is 22.8. The van der Waals surface area contributed by atoms with Gasteiger partial charge in [0, 0.05) is 10.6 Å². The third-order valence-electron chi connectivity index (χ3n) is 9.97. The van der Waals surface area contributed by atoms with E-state index in [9.17, 15) is 21.9 Å². The topological polar surface area (TPSA) is 166 Å². The molecular formula is C56H56K2O11P2S2. The first kappa shape index (κ1) is 64.0. The number of para-hydroxylation sites is 2. The smallest absolute Gasteiger partial charge is 1.00 e. The Kier molecular flexibility index (Phi) is 30.2. The van der Waals surface area contributed by atoms with Crippen molar-refractivity contribution in [3.05, 3.63) is 230 Å². The molecule has 73 heavy (non-hydrogen) atoms. The summed E-state index contributed by atoms with van der Waals surface area (Å²) in [6.07, 6.45) is 0.686. The van der Waals surface area contributed by atoms with Gasteiger partial charge in [0.15, 0.2) is 0 Å². The standard InChI is InChI=1S/C27H25O4PS.C18H15OP.C10H14O3S.CH2O3.2K.H/c1-22-16-18-25(19-17-22)33(28,29)31-21-20-30-26-14-8-9-15-27(26)32(23-10-4-2-5-11-23)24-12-6-3-7-13-24;19-17-13-7-8-14-18(17)20(15-9-3-1-4-10-15)16-11-5-2-6-12-16;1-3-8-13-14(11,12)10-6-4-9(2)5-7-10;2-1-4-3;;;/h2-19H,20-21H2,1H3;1-14,19H;4-7H,3,8H2,1-2H3;1,3H;;;/q;;;;2*+1;-1/p-1. The van der Waals surface area contributed by atoms with Crippen LogP contribution in [-0.4, -0.2) is 48.2 Å². The van der Waals surface area contributed by atoms with Crippen molar-refractivity contribution in [2.24, 2.45) is 0 Å². The summed E-state index contributed by atoms with van der Waals surface area (Å²) >= 11 is 0. The van der Waals surface area contributed by atoms with E-state index in [1.165, 1.54) is 21.2 Å². The average molecular weight is 1110 g/mol. The minimum Gasteiger partial charge on any atom is -1.00 e. The van der Waals surface area contributed by atoms with E-state index in [1.54, 1.807) is 54.6 Å². The molecule has 0 atom stereocenters. The van der Waals surface area contributed by atoms with Gasteiger partial charge >= 0.3 is 103 Å². The van der Waals surface area contributed by atoms with Gasteiger partial charge in [0.2, 0.25) is 0 Å². The number of hydrogen-bond donors (Lipinski definition) is 1. The SMILES string of the molecule is CCCOS(=O)(=O)c1ccc(C)cc1.Cc1ccc(S(=O)(=O)OCCOc2ccccc2P(c2ccccc2)c2ccccc2)cc1.O=CO[O-].Oc1ccccc1P(c1ccccc1)c1ccccc1.[H-].[K+].[K+]. The van der Waals surface area contributed by atoms with Crippen molar-refractivity contribution in [3.8, 4) is 11.5 Å². The molecule has 0 aromatic heterocycles. The second-order valence-electron chi connectivity index (χ2n) is 15.2. The van der Waals surface area contributed by atoms with Crippen molar-refractivity contribution in [2.45, 2.75) is 37.0 Å². The second kappa shape index (κ2) is 34.4. The zero-order chi connectivity index (χ0) is 50.9. The number of aromatic hydroxyl groups is 1. The molecule has 370 valence electrons. The first-order chi connectivity index (χ1) is 34.4. The molecule has 0 fully saturated rings. The molecular weight excluding hydrogens is 1050 g/mol. The van der Waals surface area contributed by atoms with Gasteiger partial charge < -0.3 is 21.4 Å². The van der Waals surface area contributed by atoms with Crippen LogP contribution in [0.5, 0.6) is 11.5 Å². The van der Waals surface area contributed by atoms with Crippen LogP contribution in [0, 0.1) is 13.8 Å². The molecule has 0 aliphatic heterocycles. The van der Waals surface area contributed by atoms with E-state index >= 15 is 0 Å². The summed E-state index contributed by atoms with van der Waals surface area (Å²) in [6.45, 7) is 5.78. The van der Waals surface area contributed by atoms with Crippen molar-refractivity contribution < 1.29 is 154 Å². The number of carbonyl (C=O) groups is 1. The maximum atomic E-state index is 12.4. The molecule has 0 bridgehead atoms. The van der Waals surface area contributed by atoms with Gasteiger partial charge in [-0.15, -0.1) is 0 Å². The molecule has 17 heteroatoms. The molecule has 0 aliphatic rings. The summed E-state index contributed by atoms with van der Waals surface area (Å²) in [6, 6.07) is 70.2. The number of benzene rings is 8. The Labute approximate surface area is 519 Å². The number of phenols is 1. The molecule has 8 rings (SSSR count). The van der Waals surface area contributed by atoms with Gasteiger partial charge in [0.1, 0.15) is 24.7 Å². The molecule has 0 radical (unpaired) electrons. The first-order valence-corrected chi connectivity index (χ1v) is 27.8. The Bertz CT molecular complexity index is 2970. The fourth-order valence-electron chi connectivity index (χ4n) is 6.61. The van der Waals surface area contributed by atoms with E-state index in [-0.39, 0.29) is 140 Å². The van der Waals surface area contributed by atoms with Gasteiger partial charge in [0.05, 0.1) is 16.4 Å². The van der Waals surface area contributed by atoms with Crippen LogP contribution in [0.1, 0.15) is 25.9 Å². The fraction of sp³-hybridized carbons (Fsp3) is 0.125. The average Bonchev–Trinajstić information content (AvgIpc) is 3.40. The first-order valence-electron chi connectivity index (χ1n) is 22.3. The van der Waals surface area contributed by atoms with Crippen LogP contribution in [0.2, 0.25) is 0 Å². The predicted octanol–water partition coefficient (Wildman–Crippen LogP) is 2.35.